The molecule has 14 heteroatoms. The van der Waals surface area contributed by atoms with Gasteiger partial charge in [-0.05, 0) is 6.42 Å². The molecule has 0 heterocycles. The van der Waals surface area contributed by atoms with E-state index in [-0.39, 0.29) is 24.3 Å². The zero-order valence-corrected chi connectivity index (χ0v) is 16.0. The van der Waals surface area contributed by atoms with Gasteiger partial charge in [0.05, 0.1) is 12.1 Å². The Labute approximate surface area is 165 Å². The minimum atomic E-state index is -1.21. The van der Waals surface area contributed by atoms with Crippen LogP contribution in [-0.2, 0) is 24.0 Å². The van der Waals surface area contributed by atoms with Crippen LogP contribution in [0.2, 0.25) is 0 Å². The number of hydrogen-bond acceptors (Lipinski definition) is 9. The fraction of sp³-hybridized carbons (Fsp3) is 0.615. The molecular formula is C13H24N4O8S2. The number of carbonyl (C=O) groups is 5. The zero-order valence-electron chi connectivity index (χ0n) is 14.2. The molecule has 0 bridgehead atoms. The van der Waals surface area contributed by atoms with E-state index in [9.17, 15) is 24.0 Å². The molecule has 0 radical (unpaired) electrons. The highest BCUT2D eigenvalue weighted by Crippen LogP contribution is 1.97. The standard InChI is InChI=1S/C8H14N2O5S.C5H10N2O3S/c9-4(1-2-6(11)12)7(13)10-5(3-16)8(14)15;6-3(2-11)5(10)7-1-4(8)9/h4-5,16H,1-3,9H2,(H,10,13)(H,11,12)(H,14,15);3,11H,1-2,6H2,(H,7,10)(H,8,9)/t4-,5-;3-/m00/s1. The van der Waals surface area contributed by atoms with Gasteiger partial charge in [0.2, 0.25) is 11.8 Å². The molecule has 0 aliphatic carbocycles. The topological polar surface area (TPSA) is 222 Å². The highest BCUT2D eigenvalue weighted by atomic mass is 32.1. The van der Waals surface area contributed by atoms with Gasteiger partial charge in [-0.25, -0.2) is 4.79 Å². The Morgan fingerprint density at radius 3 is 1.78 bits per heavy atom. The Kier molecular flexibility index (Phi) is 15.2. The smallest absolute Gasteiger partial charge is 0.327 e. The van der Waals surface area contributed by atoms with Crippen LogP contribution >= 0.6 is 25.3 Å². The molecule has 156 valence electrons. The predicted molar refractivity (Wildman–Crippen MR) is 101 cm³/mol. The van der Waals surface area contributed by atoms with E-state index in [1.165, 1.54) is 0 Å². The second-order valence-corrected chi connectivity index (χ2v) is 5.75. The predicted octanol–water partition coefficient (Wildman–Crippen LogP) is -2.88. The Hall–Kier alpha value is -2.03. The monoisotopic (exact) mass is 428 g/mol. The molecule has 9 N–H and O–H groups in total. The van der Waals surface area contributed by atoms with Crippen LogP contribution in [0.4, 0.5) is 0 Å². The zero-order chi connectivity index (χ0) is 21.6. The molecule has 0 aromatic heterocycles. The molecule has 0 rings (SSSR count). The van der Waals surface area contributed by atoms with E-state index < -0.39 is 54.4 Å². The van der Waals surface area contributed by atoms with Crippen LogP contribution in [0.5, 0.6) is 0 Å². The lowest BCUT2D eigenvalue weighted by Gasteiger charge is -2.15. The van der Waals surface area contributed by atoms with Crippen molar-refractivity contribution >= 4 is 55.0 Å². The summed E-state index contributed by atoms with van der Waals surface area (Å²) in [6.45, 7) is -0.402. The van der Waals surface area contributed by atoms with Crippen molar-refractivity contribution in [1.82, 2.24) is 10.6 Å². The van der Waals surface area contributed by atoms with Crippen molar-refractivity contribution in [3.8, 4) is 0 Å². The summed E-state index contributed by atoms with van der Waals surface area (Å²) in [6.07, 6.45) is -0.284. The molecule has 0 unspecified atom stereocenters. The molecule has 27 heavy (non-hydrogen) atoms. The van der Waals surface area contributed by atoms with Crippen LogP contribution in [-0.4, -0.2) is 81.2 Å². The highest BCUT2D eigenvalue weighted by molar-refractivity contribution is 7.80. The first-order valence-corrected chi connectivity index (χ1v) is 8.70. The van der Waals surface area contributed by atoms with Gasteiger partial charge in [0, 0.05) is 17.9 Å². The lowest BCUT2D eigenvalue weighted by atomic mass is 10.1. The highest BCUT2D eigenvalue weighted by Gasteiger charge is 2.22. The van der Waals surface area contributed by atoms with Crippen LogP contribution in [0.3, 0.4) is 0 Å². The SMILES string of the molecule is N[C@@H](CCC(=O)O)C(=O)N[C@@H](CS)C(=O)O.N[C@@H](CS)C(=O)NCC(=O)O. The average Bonchev–Trinajstić information content (AvgIpc) is 2.61. The van der Waals surface area contributed by atoms with Crippen LogP contribution in [0.1, 0.15) is 12.8 Å². The molecular weight excluding hydrogens is 404 g/mol. The van der Waals surface area contributed by atoms with Crippen LogP contribution in [0, 0.1) is 0 Å². The Bertz CT molecular complexity index is 534. The first-order chi connectivity index (χ1) is 12.5. The molecule has 0 aromatic rings. The molecule has 0 fully saturated rings. The number of amides is 2. The van der Waals surface area contributed by atoms with Crippen molar-refractivity contribution in [2.45, 2.75) is 31.0 Å². The van der Waals surface area contributed by atoms with Crippen molar-refractivity contribution in [3.05, 3.63) is 0 Å². The second-order valence-electron chi connectivity index (χ2n) is 5.02. The summed E-state index contributed by atoms with van der Waals surface area (Å²) < 4.78 is 0. The van der Waals surface area contributed by atoms with Gasteiger partial charge in [0.25, 0.3) is 0 Å². The number of aliphatic carboxylic acids is 3. The van der Waals surface area contributed by atoms with E-state index in [0.717, 1.165) is 0 Å². The van der Waals surface area contributed by atoms with Gasteiger partial charge < -0.3 is 37.4 Å². The minimum absolute atomic E-state index is 0.0416. The second kappa shape index (κ2) is 15.1. The van der Waals surface area contributed by atoms with Gasteiger partial charge in [-0.1, -0.05) is 0 Å². The molecule has 0 aromatic carbocycles. The fourth-order valence-electron chi connectivity index (χ4n) is 1.25. The van der Waals surface area contributed by atoms with Crippen molar-refractivity contribution in [2.75, 3.05) is 18.1 Å². The van der Waals surface area contributed by atoms with Crippen molar-refractivity contribution in [3.63, 3.8) is 0 Å². The van der Waals surface area contributed by atoms with Gasteiger partial charge in [-0.2, -0.15) is 25.3 Å². The Morgan fingerprint density at radius 2 is 1.41 bits per heavy atom. The van der Waals surface area contributed by atoms with E-state index in [2.05, 4.69) is 35.9 Å². The van der Waals surface area contributed by atoms with E-state index >= 15 is 0 Å². The molecule has 0 spiro atoms. The Morgan fingerprint density at radius 1 is 0.852 bits per heavy atom. The molecule has 2 amide bonds. The number of carboxylic acids is 3. The number of thiol groups is 2. The summed E-state index contributed by atoms with van der Waals surface area (Å²) in [5, 5.41) is 29.4. The Balaban J connectivity index is 0. The molecule has 0 saturated carbocycles. The first-order valence-electron chi connectivity index (χ1n) is 7.43. The summed E-state index contributed by atoms with van der Waals surface area (Å²) in [5.41, 5.74) is 10.6. The quantitative estimate of drug-likeness (QED) is 0.153. The van der Waals surface area contributed by atoms with Gasteiger partial charge in [-0.15, -0.1) is 0 Å². The summed E-state index contributed by atoms with van der Waals surface area (Å²) in [4.78, 5) is 52.7. The lowest BCUT2D eigenvalue weighted by molar-refractivity contribution is -0.141. The van der Waals surface area contributed by atoms with Gasteiger partial charge in [0.15, 0.2) is 0 Å². The number of rotatable bonds is 11. The van der Waals surface area contributed by atoms with Crippen LogP contribution < -0.4 is 22.1 Å². The van der Waals surface area contributed by atoms with Gasteiger partial charge in [-0.3, -0.25) is 19.2 Å². The molecule has 0 aliphatic rings. The van der Waals surface area contributed by atoms with Crippen molar-refractivity contribution in [1.29, 1.82) is 0 Å². The molecule has 0 saturated heterocycles. The third kappa shape index (κ3) is 14.8. The maximum atomic E-state index is 11.3. The number of nitrogens with one attached hydrogen (secondary N) is 2. The van der Waals surface area contributed by atoms with Crippen molar-refractivity contribution < 1.29 is 39.3 Å². The number of carboxylic acid groups (broad SMARTS) is 3. The third-order valence-corrected chi connectivity index (χ3v) is 3.51. The van der Waals surface area contributed by atoms with Crippen LogP contribution in [0.25, 0.3) is 0 Å². The minimum Gasteiger partial charge on any atom is -0.481 e. The molecule has 0 aliphatic heterocycles. The van der Waals surface area contributed by atoms with Crippen LogP contribution in [0.15, 0.2) is 0 Å². The van der Waals surface area contributed by atoms with E-state index in [1.807, 2.05) is 0 Å². The summed E-state index contributed by atoms with van der Waals surface area (Å²) >= 11 is 7.52. The van der Waals surface area contributed by atoms with Crippen molar-refractivity contribution in [2.24, 2.45) is 11.5 Å². The van der Waals surface area contributed by atoms with E-state index in [0.29, 0.717) is 0 Å². The normalized spacial score (nSPS) is 13.2. The van der Waals surface area contributed by atoms with E-state index in [4.69, 9.17) is 26.8 Å². The third-order valence-electron chi connectivity index (χ3n) is 2.75. The summed E-state index contributed by atoms with van der Waals surface area (Å²) in [5.74, 6) is -4.42. The molecule has 3 atom stereocenters. The fourth-order valence-corrected chi connectivity index (χ4v) is 1.66. The van der Waals surface area contributed by atoms with Gasteiger partial charge in [0.1, 0.15) is 12.6 Å². The summed E-state index contributed by atoms with van der Waals surface area (Å²) in [6, 6.07) is -2.89. The number of nitrogens with two attached hydrogens (primary N) is 2. The first kappa shape index (κ1) is 27.2. The number of carbonyl (C=O) groups excluding carboxylic acids is 2. The van der Waals surface area contributed by atoms with E-state index in [1.54, 1.807) is 0 Å². The maximum absolute atomic E-state index is 11.3. The van der Waals surface area contributed by atoms with Gasteiger partial charge >= 0.3 is 17.9 Å². The maximum Gasteiger partial charge on any atom is 0.327 e. The summed E-state index contributed by atoms with van der Waals surface area (Å²) in [7, 11) is 0. The average molecular weight is 428 g/mol. The molecule has 12 nitrogen and oxygen atoms in total. The lowest BCUT2D eigenvalue weighted by Crippen LogP contribution is -2.49. The number of hydrogen-bond donors (Lipinski definition) is 9. The largest absolute Gasteiger partial charge is 0.481 e.